The molecule has 2 amide bonds. The number of rotatable bonds is 7. The smallest absolute Gasteiger partial charge is 0.315 e. The Kier molecular flexibility index (Phi) is 6.97. The van der Waals surface area contributed by atoms with Crippen LogP contribution in [0.3, 0.4) is 0 Å². The number of amides is 2. The summed E-state index contributed by atoms with van der Waals surface area (Å²) in [6.45, 7) is 5.39. The molecule has 1 aromatic rings. The predicted octanol–water partition coefficient (Wildman–Crippen LogP) is 4.41. The van der Waals surface area contributed by atoms with Gasteiger partial charge in [-0.05, 0) is 61.8 Å². The Balaban J connectivity index is 1.34. The van der Waals surface area contributed by atoms with Crippen molar-refractivity contribution in [1.82, 2.24) is 10.6 Å². The molecular formula is C23H34N2O3. The van der Waals surface area contributed by atoms with Crippen molar-refractivity contribution in [1.29, 1.82) is 0 Å². The molecule has 2 aliphatic rings. The molecule has 0 saturated heterocycles. The molecule has 2 atom stereocenters. The van der Waals surface area contributed by atoms with Crippen LogP contribution in [0.2, 0.25) is 0 Å². The molecule has 2 fully saturated rings. The van der Waals surface area contributed by atoms with Crippen LogP contribution in [0.1, 0.15) is 64.4 Å². The van der Waals surface area contributed by atoms with E-state index in [1.54, 1.807) is 0 Å². The summed E-state index contributed by atoms with van der Waals surface area (Å²) in [4.78, 5) is 24.3. The number of carbonyl (C=O) groups is 2. The molecule has 2 unspecified atom stereocenters. The van der Waals surface area contributed by atoms with Crippen LogP contribution < -0.4 is 10.6 Å². The molecule has 0 heterocycles. The van der Waals surface area contributed by atoms with Gasteiger partial charge in [0.1, 0.15) is 6.61 Å². The lowest BCUT2D eigenvalue weighted by atomic mass is 9.61. The standard InChI is InChI=1S/C23H34N2O3/c1-17-11-20-12-18(2)14-23(13-17,15-20)25-22(27)24-10-6-9-21(26)28-16-19-7-4-3-5-8-19/h3-5,7-8,17-18,20H,6,9-16H2,1-2H3,(H2,24,25,27). The van der Waals surface area contributed by atoms with Crippen LogP contribution in [-0.2, 0) is 16.1 Å². The molecule has 28 heavy (non-hydrogen) atoms. The molecule has 2 aliphatic carbocycles. The molecule has 154 valence electrons. The van der Waals surface area contributed by atoms with E-state index in [2.05, 4.69) is 24.5 Å². The third-order valence-corrected chi connectivity index (χ3v) is 6.09. The quantitative estimate of drug-likeness (QED) is 0.539. The summed E-state index contributed by atoms with van der Waals surface area (Å²) >= 11 is 0. The Bertz CT molecular complexity index is 642. The van der Waals surface area contributed by atoms with E-state index >= 15 is 0 Å². The van der Waals surface area contributed by atoms with Gasteiger partial charge in [-0.1, -0.05) is 44.2 Å². The van der Waals surface area contributed by atoms with Gasteiger partial charge in [0.2, 0.25) is 0 Å². The Morgan fingerprint density at radius 3 is 2.43 bits per heavy atom. The van der Waals surface area contributed by atoms with E-state index in [4.69, 9.17) is 4.74 Å². The zero-order valence-electron chi connectivity index (χ0n) is 17.2. The monoisotopic (exact) mass is 386 g/mol. The van der Waals surface area contributed by atoms with Gasteiger partial charge in [-0.25, -0.2) is 4.79 Å². The fourth-order valence-corrected chi connectivity index (χ4v) is 5.39. The fourth-order valence-electron chi connectivity index (χ4n) is 5.39. The maximum atomic E-state index is 12.4. The highest BCUT2D eigenvalue weighted by atomic mass is 16.5. The summed E-state index contributed by atoms with van der Waals surface area (Å²) < 4.78 is 5.27. The highest BCUT2D eigenvalue weighted by Gasteiger charge is 2.45. The Morgan fingerprint density at radius 1 is 1.07 bits per heavy atom. The van der Waals surface area contributed by atoms with Gasteiger partial charge in [-0.15, -0.1) is 0 Å². The van der Waals surface area contributed by atoms with Gasteiger partial charge in [0, 0.05) is 18.5 Å². The average Bonchev–Trinajstić information content (AvgIpc) is 2.62. The third-order valence-electron chi connectivity index (χ3n) is 6.09. The first-order chi connectivity index (χ1) is 13.4. The fraction of sp³-hybridized carbons (Fsp3) is 0.652. The van der Waals surface area contributed by atoms with Gasteiger partial charge < -0.3 is 15.4 Å². The van der Waals surface area contributed by atoms with Gasteiger partial charge in [0.25, 0.3) is 0 Å². The molecule has 0 radical (unpaired) electrons. The normalized spacial score (nSPS) is 29.0. The van der Waals surface area contributed by atoms with Crippen molar-refractivity contribution in [3.05, 3.63) is 35.9 Å². The van der Waals surface area contributed by atoms with E-state index in [0.29, 0.717) is 37.8 Å². The first-order valence-corrected chi connectivity index (χ1v) is 10.7. The minimum atomic E-state index is -0.227. The average molecular weight is 387 g/mol. The summed E-state index contributed by atoms with van der Waals surface area (Å²) in [6.07, 6.45) is 6.75. The number of fused-ring (bicyclic) bond motifs is 2. The third kappa shape index (κ3) is 5.98. The van der Waals surface area contributed by atoms with Crippen LogP contribution in [0, 0.1) is 17.8 Å². The Hall–Kier alpha value is -2.04. The van der Waals surface area contributed by atoms with Crippen molar-refractivity contribution < 1.29 is 14.3 Å². The summed E-state index contributed by atoms with van der Waals surface area (Å²) in [7, 11) is 0. The van der Waals surface area contributed by atoms with Crippen LogP contribution in [-0.4, -0.2) is 24.1 Å². The zero-order chi connectivity index (χ0) is 20.0. The maximum absolute atomic E-state index is 12.4. The number of nitrogens with one attached hydrogen (secondary N) is 2. The Labute approximate surface area is 168 Å². The second-order valence-corrected chi connectivity index (χ2v) is 9.07. The maximum Gasteiger partial charge on any atom is 0.315 e. The lowest BCUT2D eigenvalue weighted by molar-refractivity contribution is -0.145. The first-order valence-electron chi connectivity index (χ1n) is 10.7. The lowest BCUT2D eigenvalue weighted by Gasteiger charge is -2.50. The van der Waals surface area contributed by atoms with Gasteiger partial charge in [0.05, 0.1) is 0 Å². The minimum Gasteiger partial charge on any atom is -0.461 e. The van der Waals surface area contributed by atoms with Crippen LogP contribution in [0.5, 0.6) is 0 Å². The van der Waals surface area contributed by atoms with Gasteiger partial charge in [-0.3, -0.25) is 4.79 Å². The second kappa shape index (κ2) is 9.44. The van der Waals surface area contributed by atoms with Gasteiger partial charge in [-0.2, -0.15) is 0 Å². The first kappa shape index (κ1) is 20.7. The topological polar surface area (TPSA) is 67.4 Å². The van der Waals surface area contributed by atoms with Crippen molar-refractivity contribution in [3.63, 3.8) is 0 Å². The SMILES string of the molecule is CC1CC2CC(C)CC(NC(=O)NCCCC(=O)OCc3ccccc3)(C1)C2. The van der Waals surface area contributed by atoms with Crippen molar-refractivity contribution in [2.75, 3.05) is 6.54 Å². The summed E-state index contributed by atoms with van der Waals surface area (Å²) in [5.41, 5.74) is 0.938. The molecule has 0 spiro atoms. The number of carbonyl (C=O) groups excluding carboxylic acids is 2. The van der Waals surface area contributed by atoms with E-state index in [9.17, 15) is 9.59 Å². The number of urea groups is 1. The van der Waals surface area contributed by atoms with Gasteiger partial charge in [0.15, 0.2) is 0 Å². The second-order valence-electron chi connectivity index (χ2n) is 9.07. The number of hydrogen-bond acceptors (Lipinski definition) is 3. The highest BCUT2D eigenvalue weighted by Crippen LogP contribution is 2.47. The molecule has 1 aromatic carbocycles. The molecule has 2 bridgehead atoms. The van der Waals surface area contributed by atoms with E-state index in [1.807, 2.05) is 30.3 Å². The van der Waals surface area contributed by atoms with Crippen molar-refractivity contribution in [2.45, 2.75) is 70.9 Å². The summed E-state index contributed by atoms with van der Waals surface area (Å²) in [5, 5.41) is 6.22. The van der Waals surface area contributed by atoms with Crippen LogP contribution in [0.25, 0.3) is 0 Å². The van der Waals surface area contributed by atoms with Crippen molar-refractivity contribution >= 4 is 12.0 Å². The van der Waals surface area contributed by atoms with E-state index in [-0.39, 0.29) is 17.5 Å². The van der Waals surface area contributed by atoms with Crippen LogP contribution in [0.4, 0.5) is 4.79 Å². The number of benzene rings is 1. The summed E-state index contributed by atoms with van der Waals surface area (Å²) in [6, 6.07) is 9.55. The van der Waals surface area contributed by atoms with E-state index in [0.717, 1.165) is 30.7 Å². The predicted molar refractivity (Wildman–Crippen MR) is 110 cm³/mol. The van der Waals surface area contributed by atoms with Gasteiger partial charge >= 0.3 is 12.0 Å². The molecule has 5 heteroatoms. The molecule has 3 rings (SSSR count). The molecular weight excluding hydrogens is 352 g/mol. The van der Waals surface area contributed by atoms with Crippen LogP contribution >= 0.6 is 0 Å². The van der Waals surface area contributed by atoms with Crippen molar-refractivity contribution in [2.24, 2.45) is 17.8 Å². The highest BCUT2D eigenvalue weighted by molar-refractivity contribution is 5.75. The summed E-state index contributed by atoms with van der Waals surface area (Å²) in [5.74, 6) is 1.86. The van der Waals surface area contributed by atoms with Crippen molar-refractivity contribution in [3.8, 4) is 0 Å². The number of hydrogen-bond donors (Lipinski definition) is 2. The van der Waals surface area contributed by atoms with Crippen LogP contribution in [0.15, 0.2) is 30.3 Å². The number of ether oxygens (including phenoxy) is 1. The molecule has 0 aliphatic heterocycles. The molecule has 2 N–H and O–H groups in total. The molecule has 0 aromatic heterocycles. The van der Waals surface area contributed by atoms with E-state index in [1.165, 1.54) is 12.8 Å². The lowest BCUT2D eigenvalue weighted by Crippen LogP contribution is -2.58. The molecule has 2 saturated carbocycles. The zero-order valence-corrected chi connectivity index (χ0v) is 17.2. The molecule has 5 nitrogen and oxygen atoms in total. The Morgan fingerprint density at radius 2 is 1.75 bits per heavy atom. The minimum absolute atomic E-state index is 0.0430. The largest absolute Gasteiger partial charge is 0.461 e. The number of esters is 1. The van der Waals surface area contributed by atoms with E-state index < -0.39 is 0 Å².